The molecule has 56 nitrogen and oxygen atoms in total. The number of rotatable bonds is 56. The summed E-state index contributed by atoms with van der Waals surface area (Å²) in [6.07, 6.45) is -55.3. The number of hydrogen-bond acceptors (Lipinski definition) is 49. The fourth-order valence-electron chi connectivity index (χ4n) is 17.5. The summed E-state index contributed by atoms with van der Waals surface area (Å²) >= 11 is 0. The van der Waals surface area contributed by atoms with Crippen LogP contribution >= 0.6 is 0 Å². The topological polar surface area (TPSA) is 704 Å². The van der Waals surface area contributed by atoms with E-state index in [2.05, 4.69) is 0 Å². The average Bonchev–Trinajstić information content (AvgIpc) is 0.790. The van der Waals surface area contributed by atoms with Gasteiger partial charge in [0.05, 0.1) is 86.5 Å². The first-order valence-corrected chi connectivity index (χ1v) is 55.7. The SMILES string of the molecule is CO[C@@H]1[C@@H](OC)[C@H]2O[C@H]3[C@H](OC)[C@@H](OC)[C@@H](O[C@H]4[C@H](OC)[C@@H](OC)[C@@H](O[C@H]5[C@H](OC)[C@H](OC)[C@@H](O[C@H]6[C@@H](OC)[C@H](OC)[C@@H](O[C@H]7[C@H](OC)[C@@H](OC)[C@@H](O[C@H]8[C@H](OC)[C@@H](OC)[C@@H](O[C@@H]1[C@H](COCCCS(=O)(=O)O)O2)O[C@H]8COCCCS(=O)(=O)O)O[C@@H]7COCCCS(=O)(=O)O)O[C@@H]6COCCCS(=O)(=O)O)O[C@@H]5COCCCS(=O)(=O)O)O[C@@H]4COCCCS(=O)(=O)O)O[C@H]3COCCCS(=O)(=O)O. The van der Waals surface area contributed by atoms with Gasteiger partial charge in [-0.3, -0.25) is 31.9 Å². The van der Waals surface area contributed by atoms with E-state index in [0.29, 0.717) is 0 Å². The monoisotopic (exact) mass is 2180 g/mol. The lowest BCUT2D eigenvalue weighted by Gasteiger charge is -2.52. The van der Waals surface area contributed by atoms with Crippen molar-refractivity contribution in [2.45, 2.75) is 260 Å². The van der Waals surface area contributed by atoms with Crippen molar-refractivity contribution in [3.63, 3.8) is 0 Å². The minimum Gasteiger partial charge on any atom is -0.379 e. The van der Waals surface area contributed by atoms with Gasteiger partial charge in [-0.1, -0.05) is 0 Å². The normalized spacial score (nSPS) is 36.6. The molecule has 21 rings (SSSR count). The molecular formula is C77H140O56S7. The smallest absolute Gasteiger partial charge is 0.264 e. The van der Waals surface area contributed by atoms with E-state index in [1.54, 1.807) is 0 Å². The van der Waals surface area contributed by atoms with Crippen LogP contribution in [0.3, 0.4) is 0 Å². The van der Waals surface area contributed by atoms with Gasteiger partial charge in [0.25, 0.3) is 70.8 Å². The van der Waals surface area contributed by atoms with Gasteiger partial charge < -0.3 is 166 Å². The van der Waals surface area contributed by atoms with Crippen molar-refractivity contribution in [2.75, 3.05) is 232 Å². The Morgan fingerprint density at radius 1 is 0.164 bits per heavy atom. The molecule has 0 radical (unpaired) electrons. The summed E-state index contributed by atoms with van der Waals surface area (Å²) in [5, 5.41) is 0. The third-order valence-corrected chi connectivity index (χ3v) is 29.4. The molecule has 0 aromatic rings. The highest BCUT2D eigenvalue weighted by molar-refractivity contribution is 7.87. The van der Waals surface area contributed by atoms with Gasteiger partial charge >= 0.3 is 0 Å². The van der Waals surface area contributed by atoms with Gasteiger partial charge in [-0.2, -0.15) is 58.9 Å². The van der Waals surface area contributed by atoms with Gasteiger partial charge in [-0.05, 0) is 44.9 Å². The van der Waals surface area contributed by atoms with Gasteiger partial charge in [0.15, 0.2) is 44.0 Å². The van der Waals surface area contributed by atoms with Crippen LogP contribution in [-0.4, -0.2) is 538 Å². The standard InChI is InChI=1S/C77H140O56S7/c1-99-57-50-43(36-113-22-15-29-134(78,79)80)120-71(64(57)106-8)128-51-44(37-114-23-16-30-135(81,82)83)122-73(66(108-10)58(51)100-2)130-53-46(39-116-25-18-32-137(87,88)89)124-75(68(110-12)60(53)102-4)132-55-48(41-118-27-20-34-139(93,94)95)126-77(70(112-14)62(55)104-6)133-56-49(42-119-28-21-35-140(96,97)98)125-76(69(111-13)63(56)105-7)131-54-47(40-117-26-19-33-138(90,91)92)123-74(67(109-11)61(54)103-5)129-52-45(38-115-24-17-31-136(84,85)86)121-72(127-50)65(107-9)59(52)101-3/h43-77H,15-42H2,1-14H3,(H,78,79,80)(H,81,82,83)(H,84,85,86)(H,87,88,89)(H,90,91,92)(H,93,94,95)(H,96,97,98)/t43-,44-,45-,46-,47+,48+,49+,50-,51-,52-,53-,54-,55-,56-,57+,58-,59+,60+,61+,62+,63+,64+,65-,66+,67-,68-,69-,70-,71-,72-,73-,74-,75-,76-,77-/m1/s1. The Hall–Kier alpha value is -2.03. The Bertz CT molecular complexity index is 3640. The lowest BCUT2D eigenvalue weighted by Crippen LogP contribution is -2.69. The predicted molar refractivity (Wildman–Crippen MR) is 469 cm³/mol. The zero-order valence-corrected chi connectivity index (χ0v) is 85.7. The summed E-state index contributed by atoms with van der Waals surface area (Å²) in [6.45, 7) is -6.41. The molecule has 21 aliphatic rings. The fraction of sp³-hybridized carbons (Fsp3) is 1.00. The summed E-state index contributed by atoms with van der Waals surface area (Å²) < 4.78 is 467. The van der Waals surface area contributed by atoms with E-state index in [1.165, 1.54) is 99.5 Å². The van der Waals surface area contributed by atoms with Crippen molar-refractivity contribution in [1.29, 1.82) is 0 Å². The van der Waals surface area contributed by atoms with Crippen LogP contribution in [0.4, 0.5) is 0 Å². The maximum absolute atomic E-state index is 12.1. The van der Waals surface area contributed by atoms with Crippen molar-refractivity contribution in [2.24, 2.45) is 0 Å². The second-order valence-corrected chi connectivity index (χ2v) is 44.3. The molecule has 14 bridgehead atoms. The van der Waals surface area contributed by atoms with Crippen LogP contribution in [-0.2, 0) is 237 Å². The molecule has 0 aromatic heterocycles. The third kappa shape index (κ3) is 37.5. The minimum atomic E-state index is -4.56. The zero-order chi connectivity index (χ0) is 103. The van der Waals surface area contributed by atoms with Crippen LogP contribution < -0.4 is 0 Å². The number of ether oxygens (including phenoxy) is 35. The van der Waals surface area contributed by atoms with Crippen molar-refractivity contribution in [3.8, 4) is 0 Å². The molecule has 0 amide bonds. The van der Waals surface area contributed by atoms with E-state index in [4.69, 9.17) is 166 Å². The van der Waals surface area contributed by atoms with Gasteiger partial charge in [0.2, 0.25) is 0 Å². The highest BCUT2D eigenvalue weighted by Gasteiger charge is 2.63. The second kappa shape index (κ2) is 58.5. The predicted octanol–water partition coefficient (Wildman–Crippen LogP) is -3.96. The molecule has 140 heavy (non-hydrogen) atoms. The zero-order valence-electron chi connectivity index (χ0n) is 80.0. The summed E-state index contributed by atoms with van der Waals surface area (Å²) in [5.41, 5.74) is 0. The van der Waals surface area contributed by atoms with Crippen LogP contribution in [0.1, 0.15) is 44.9 Å². The Labute approximate surface area is 815 Å². The van der Waals surface area contributed by atoms with Gasteiger partial charge in [0.1, 0.15) is 171 Å². The maximum atomic E-state index is 12.1. The summed E-state index contributed by atoms with van der Waals surface area (Å²) in [7, 11) is -14.3. The van der Waals surface area contributed by atoms with E-state index < -0.39 is 372 Å². The molecule has 0 saturated carbocycles. The van der Waals surface area contributed by atoms with Crippen LogP contribution in [0.2, 0.25) is 0 Å². The molecule has 21 saturated heterocycles. The highest BCUT2D eigenvalue weighted by atomic mass is 32.2. The minimum absolute atomic E-state index is 0.280. The van der Waals surface area contributed by atoms with Crippen LogP contribution in [0, 0.1) is 0 Å². The van der Waals surface area contributed by atoms with Gasteiger partial charge in [-0.15, -0.1) is 0 Å². The summed E-state index contributed by atoms with van der Waals surface area (Å²) in [4.78, 5) is 0. The Morgan fingerprint density at radius 2 is 0.264 bits per heavy atom. The summed E-state index contributed by atoms with van der Waals surface area (Å²) in [5.74, 6) is -5.32. The molecule has 7 N–H and O–H groups in total. The number of methoxy groups -OCH3 is 14. The lowest BCUT2D eigenvalue weighted by atomic mass is 9.94. The molecular weight excluding hydrogens is 2050 g/mol. The van der Waals surface area contributed by atoms with Crippen LogP contribution in [0.15, 0.2) is 0 Å². The molecule has 0 aliphatic carbocycles. The van der Waals surface area contributed by atoms with Crippen molar-refractivity contribution in [3.05, 3.63) is 0 Å². The van der Waals surface area contributed by atoms with Crippen molar-refractivity contribution >= 4 is 70.8 Å². The first kappa shape index (κ1) is 123. The quantitative estimate of drug-likeness (QED) is 0.0226. The first-order chi connectivity index (χ1) is 66.2. The largest absolute Gasteiger partial charge is 0.379 e. The first-order valence-electron chi connectivity index (χ1n) is 44.5. The van der Waals surface area contributed by atoms with Crippen molar-refractivity contribution in [1.82, 2.24) is 0 Å². The molecule has 21 aliphatic heterocycles. The van der Waals surface area contributed by atoms with E-state index in [9.17, 15) is 90.8 Å². The Balaban J connectivity index is 1.36. The van der Waals surface area contributed by atoms with Crippen molar-refractivity contribution < 1.29 is 257 Å². The molecule has 21 heterocycles. The molecule has 21 fully saturated rings. The van der Waals surface area contributed by atoms with Crippen LogP contribution in [0.5, 0.6) is 0 Å². The van der Waals surface area contributed by atoms with E-state index in [0.717, 1.165) is 0 Å². The molecule has 63 heteroatoms. The average molecular weight is 2190 g/mol. The molecule has 826 valence electrons. The fourth-order valence-corrected chi connectivity index (χ4v) is 20.9. The lowest BCUT2D eigenvalue weighted by molar-refractivity contribution is -0.403. The molecule has 35 atom stereocenters. The second-order valence-electron chi connectivity index (χ2n) is 33.3. The summed E-state index contributed by atoms with van der Waals surface area (Å²) in [6, 6.07) is 0. The van der Waals surface area contributed by atoms with Crippen LogP contribution in [0.25, 0.3) is 0 Å². The van der Waals surface area contributed by atoms with Gasteiger partial charge in [0, 0.05) is 146 Å². The van der Waals surface area contributed by atoms with E-state index in [-0.39, 0.29) is 91.2 Å². The number of hydrogen-bond donors (Lipinski definition) is 7. The van der Waals surface area contributed by atoms with E-state index >= 15 is 0 Å². The Morgan fingerprint density at radius 3 is 0.350 bits per heavy atom. The van der Waals surface area contributed by atoms with Gasteiger partial charge in [-0.25, -0.2) is 0 Å². The highest BCUT2D eigenvalue weighted by Crippen LogP contribution is 2.44. The van der Waals surface area contributed by atoms with E-state index in [1.807, 2.05) is 0 Å². The Kier molecular flexibility index (Phi) is 51.5. The maximum Gasteiger partial charge on any atom is 0.264 e. The molecule has 0 unspecified atom stereocenters. The third-order valence-electron chi connectivity index (χ3n) is 23.8. The molecule has 0 spiro atoms. The molecule has 0 aromatic carbocycles.